The average Bonchev–Trinajstić information content (AvgIpc) is 2.61. The standard InChI is InChI=1S/C20H15NO2/c22-20(23)18-8-6-15(7-9-18)14-21-19-12-10-17(11-13-19)16-4-2-1-3-5-16/h1-14H,(H,22,23)/b21-14-. The van der Waals surface area contributed by atoms with Gasteiger partial charge in [0.1, 0.15) is 0 Å². The van der Waals surface area contributed by atoms with E-state index in [-0.39, 0.29) is 5.56 Å². The first-order valence-electron chi connectivity index (χ1n) is 7.25. The van der Waals surface area contributed by atoms with Crippen LogP contribution < -0.4 is 0 Å². The van der Waals surface area contributed by atoms with Crippen LogP contribution in [-0.4, -0.2) is 17.3 Å². The molecule has 0 saturated carbocycles. The molecule has 0 unspecified atom stereocenters. The zero-order valence-corrected chi connectivity index (χ0v) is 12.4. The SMILES string of the molecule is O=C(O)c1ccc(/C=N\c2ccc(-c3ccccc3)cc2)cc1. The van der Waals surface area contributed by atoms with Crippen LogP contribution in [-0.2, 0) is 0 Å². The smallest absolute Gasteiger partial charge is 0.335 e. The molecule has 0 fully saturated rings. The largest absolute Gasteiger partial charge is 0.478 e. The maximum Gasteiger partial charge on any atom is 0.335 e. The van der Waals surface area contributed by atoms with E-state index in [0.29, 0.717) is 0 Å². The lowest BCUT2D eigenvalue weighted by Gasteiger charge is -2.01. The molecule has 0 amide bonds. The predicted octanol–water partition coefficient (Wildman–Crippen LogP) is 4.80. The lowest BCUT2D eigenvalue weighted by Crippen LogP contribution is -1.95. The third-order valence-electron chi connectivity index (χ3n) is 3.49. The van der Waals surface area contributed by atoms with Crippen LogP contribution in [0.3, 0.4) is 0 Å². The van der Waals surface area contributed by atoms with Gasteiger partial charge in [0.15, 0.2) is 0 Å². The van der Waals surface area contributed by atoms with Gasteiger partial charge in [0.05, 0.1) is 11.3 Å². The summed E-state index contributed by atoms with van der Waals surface area (Å²) in [6, 6.07) is 24.8. The molecule has 23 heavy (non-hydrogen) atoms. The van der Waals surface area contributed by atoms with Gasteiger partial charge in [0, 0.05) is 6.21 Å². The lowest BCUT2D eigenvalue weighted by atomic mass is 10.1. The second kappa shape index (κ2) is 6.71. The third kappa shape index (κ3) is 3.71. The van der Waals surface area contributed by atoms with Crippen molar-refractivity contribution in [1.29, 1.82) is 0 Å². The van der Waals surface area contributed by atoms with Crippen molar-refractivity contribution in [1.82, 2.24) is 0 Å². The van der Waals surface area contributed by atoms with Gasteiger partial charge in [-0.05, 0) is 41.0 Å². The minimum Gasteiger partial charge on any atom is -0.478 e. The predicted molar refractivity (Wildman–Crippen MR) is 92.5 cm³/mol. The number of hydrogen-bond donors (Lipinski definition) is 1. The third-order valence-corrected chi connectivity index (χ3v) is 3.49. The zero-order valence-electron chi connectivity index (χ0n) is 12.4. The normalized spacial score (nSPS) is 10.8. The summed E-state index contributed by atoms with van der Waals surface area (Å²) in [4.78, 5) is 15.2. The van der Waals surface area contributed by atoms with E-state index < -0.39 is 5.97 Å². The van der Waals surface area contributed by atoms with Gasteiger partial charge in [-0.25, -0.2) is 4.79 Å². The van der Waals surface area contributed by atoms with Crippen LogP contribution in [0.25, 0.3) is 11.1 Å². The Morgan fingerprint density at radius 2 is 1.39 bits per heavy atom. The second-order valence-electron chi connectivity index (χ2n) is 5.10. The Morgan fingerprint density at radius 3 is 2.00 bits per heavy atom. The van der Waals surface area contributed by atoms with Gasteiger partial charge < -0.3 is 5.11 Å². The monoisotopic (exact) mass is 301 g/mol. The number of aromatic carboxylic acids is 1. The maximum absolute atomic E-state index is 10.8. The van der Waals surface area contributed by atoms with Crippen LogP contribution in [0, 0.1) is 0 Å². The van der Waals surface area contributed by atoms with Crippen molar-refractivity contribution in [3.8, 4) is 11.1 Å². The summed E-state index contributed by atoms with van der Waals surface area (Å²) >= 11 is 0. The molecule has 0 heterocycles. The molecule has 0 aromatic heterocycles. The summed E-state index contributed by atoms with van der Waals surface area (Å²) in [7, 11) is 0. The van der Waals surface area contributed by atoms with E-state index in [2.05, 4.69) is 17.1 Å². The van der Waals surface area contributed by atoms with E-state index >= 15 is 0 Å². The van der Waals surface area contributed by atoms with Crippen molar-refractivity contribution in [2.75, 3.05) is 0 Å². The molecule has 3 heteroatoms. The van der Waals surface area contributed by atoms with Crippen LogP contribution in [0.5, 0.6) is 0 Å². The molecule has 0 spiro atoms. The minimum absolute atomic E-state index is 0.273. The fourth-order valence-corrected chi connectivity index (χ4v) is 2.23. The molecule has 3 nitrogen and oxygen atoms in total. The Hall–Kier alpha value is -3.20. The first-order valence-corrected chi connectivity index (χ1v) is 7.25. The van der Waals surface area contributed by atoms with Crippen molar-refractivity contribution >= 4 is 17.9 Å². The zero-order chi connectivity index (χ0) is 16.1. The van der Waals surface area contributed by atoms with Crippen LogP contribution in [0.1, 0.15) is 15.9 Å². The van der Waals surface area contributed by atoms with Crippen LogP contribution >= 0.6 is 0 Å². The van der Waals surface area contributed by atoms with Crippen molar-refractivity contribution in [3.05, 3.63) is 90.0 Å². The Kier molecular flexibility index (Phi) is 4.29. The number of benzene rings is 3. The molecule has 0 atom stereocenters. The molecular weight excluding hydrogens is 286 g/mol. The highest BCUT2D eigenvalue weighted by atomic mass is 16.4. The van der Waals surface area contributed by atoms with Gasteiger partial charge in [-0.1, -0.05) is 54.6 Å². The molecule has 3 aromatic carbocycles. The Labute approximate surface area is 134 Å². The first kappa shape index (κ1) is 14.7. The second-order valence-corrected chi connectivity index (χ2v) is 5.10. The Bertz CT molecular complexity index is 820. The molecule has 0 bridgehead atoms. The van der Waals surface area contributed by atoms with Crippen molar-refractivity contribution < 1.29 is 9.90 Å². The summed E-state index contributed by atoms with van der Waals surface area (Å²) in [6.45, 7) is 0. The molecule has 0 saturated heterocycles. The molecule has 3 rings (SSSR count). The molecule has 1 N–H and O–H groups in total. The summed E-state index contributed by atoms with van der Waals surface area (Å²) in [5, 5.41) is 8.87. The molecular formula is C20H15NO2. The number of carbonyl (C=O) groups is 1. The molecule has 0 aliphatic rings. The topological polar surface area (TPSA) is 49.7 Å². The highest BCUT2D eigenvalue weighted by Crippen LogP contribution is 2.22. The average molecular weight is 301 g/mol. The number of hydrogen-bond acceptors (Lipinski definition) is 2. The molecule has 3 aromatic rings. The van der Waals surface area contributed by atoms with E-state index in [0.717, 1.165) is 16.8 Å². The van der Waals surface area contributed by atoms with Crippen molar-refractivity contribution in [2.45, 2.75) is 0 Å². The van der Waals surface area contributed by atoms with Crippen LogP contribution in [0.2, 0.25) is 0 Å². The van der Waals surface area contributed by atoms with E-state index in [9.17, 15) is 4.79 Å². The van der Waals surface area contributed by atoms with E-state index in [1.54, 1.807) is 30.5 Å². The van der Waals surface area contributed by atoms with E-state index in [1.807, 2.05) is 42.5 Å². The first-order chi connectivity index (χ1) is 11.2. The van der Waals surface area contributed by atoms with Crippen molar-refractivity contribution in [2.24, 2.45) is 4.99 Å². The highest BCUT2D eigenvalue weighted by Gasteiger charge is 2.00. The van der Waals surface area contributed by atoms with Crippen LogP contribution in [0.4, 0.5) is 5.69 Å². The summed E-state index contributed by atoms with van der Waals surface area (Å²) in [5.74, 6) is -0.926. The number of carboxylic acids is 1. The van der Waals surface area contributed by atoms with Gasteiger partial charge in [-0.15, -0.1) is 0 Å². The summed E-state index contributed by atoms with van der Waals surface area (Å²) in [6.07, 6.45) is 1.73. The minimum atomic E-state index is -0.926. The lowest BCUT2D eigenvalue weighted by molar-refractivity contribution is 0.0697. The van der Waals surface area contributed by atoms with Crippen molar-refractivity contribution in [3.63, 3.8) is 0 Å². The maximum atomic E-state index is 10.8. The Morgan fingerprint density at radius 1 is 0.783 bits per heavy atom. The van der Waals surface area contributed by atoms with Gasteiger partial charge in [-0.3, -0.25) is 4.99 Å². The molecule has 0 aliphatic heterocycles. The number of nitrogens with zero attached hydrogens (tertiary/aromatic N) is 1. The van der Waals surface area contributed by atoms with Gasteiger partial charge in [-0.2, -0.15) is 0 Å². The van der Waals surface area contributed by atoms with Gasteiger partial charge >= 0.3 is 5.97 Å². The number of rotatable bonds is 4. The quantitative estimate of drug-likeness (QED) is 0.703. The fourth-order valence-electron chi connectivity index (χ4n) is 2.23. The Balaban J connectivity index is 1.74. The fraction of sp³-hybridized carbons (Fsp3) is 0. The molecule has 0 radical (unpaired) electrons. The van der Waals surface area contributed by atoms with E-state index in [4.69, 9.17) is 5.11 Å². The molecule has 112 valence electrons. The summed E-state index contributed by atoms with van der Waals surface area (Å²) in [5.41, 5.74) is 4.31. The number of aliphatic imine (C=N–C) groups is 1. The number of carboxylic acid groups (broad SMARTS) is 1. The van der Waals surface area contributed by atoms with Gasteiger partial charge in [0.2, 0.25) is 0 Å². The molecule has 0 aliphatic carbocycles. The van der Waals surface area contributed by atoms with Crippen LogP contribution in [0.15, 0.2) is 83.9 Å². The van der Waals surface area contributed by atoms with E-state index in [1.165, 1.54) is 5.56 Å². The van der Waals surface area contributed by atoms with Gasteiger partial charge in [0.25, 0.3) is 0 Å². The highest BCUT2D eigenvalue weighted by molar-refractivity contribution is 5.89. The summed E-state index contributed by atoms with van der Waals surface area (Å²) < 4.78 is 0.